The van der Waals surface area contributed by atoms with Crippen molar-refractivity contribution in [3.8, 4) is 5.75 Å². The number of nitrogens with two attached hydrogens (primary N) is 1. The summed E-state index contributed by atoms with van der Waals surface area (Å²) in [6.45, 7) is 4.47. The van der Waals surface area contributed by atoms with Gasteiger partial charge in [-0.25, -0.2) is 13.1 Å². The summed E-state index contributed by atoms with van der Waals surface area (Å²) < 4.78 is 32.6. The minimum atomic E-state index is -3.58. The lowest BCUT2D eigenvalue weighted by Gasteiger charge is -2.10. The number of benzene rings is 2. The van der Waals surface area contributed by atoms with Crippen LogP contribution in [0.4, 0.5) is 0 Å². The van der Waals surface area contributed by atoms with Crippen molar-refractivity contribution in [2.24, 2.45) is 5.73 Å². The van der Waals surface area contributed by atoms with Gasteiger partial charge in [0.05, 0.1) is 11.5 Å². The fourth-order valence-electron chi connectivity index (χ4n) is 2.10. The van der Waals surface area contributed by atoms with E-state index in [1.165, 1.54) is 6.07 Å². The van der Waals surface area contributed by atoms with E-state index in [0.29, 0.717) is 12.4 Å². The number of rotatable bonds is 7. The van der Waals surface area contributed by atoms with Gasteiger partial charge in [0.1, 0.15) is 5.75 Å². The van der Waals surface area contributed by atoms with Gasteiger partial charge in [0.15, 0.2) is 0 Å². The van der Waals surface area contributed by atoms with Crippen LogP contribution in [-0.2, 0) is 16.6 Å². The first-order valence-corrected chi connectivity index (χ1v) is 8.97. The topological polar surface area (TPSA) is 81.4 Å². The third kappa shape index (κ3) is 4.79. The van der Waals surface area contributed by atoms with Crippen molar-refractivity contribution in [1.82, 2.24) is 4.72 Å². The zero-order valence-electron chi connectivity index (χ0n) is 13.3. The Labute approximate surface area is 137 Å². The predicted octanol–water partition coefficient (Wildman–Crippen LogP) is 2.58. The summed E-state index contributed by atoms with van der Waals surface area (Å²) in [7, 11) is -3.58. The van der Waals surface area contributed by atoms with Crippen molar-refractivity contribution in [3.63, 3.8) is 0 Å². The molecule has 0 aliphatic rings. The highest BCUT2D eigenvalue weighted by Crippen LogP contribution is 2.18. The fraction of sp³-hybridized carbons (Fsp3) is 0.294. The van der Waals surface area contributed by atoms with E-state index >= 15 is 0 Å². The molecule has 6 heteroatoms. The minimum Gasteiger partial charge on any atom is -0.494 e. The Balaban J connectivity index is 2.07. The van der Waals surface area contributed by atoms with Crippen LogP contribution in [0.25, 0.3) is 0 Å². The van der Waals surface area contributed by atoms with Crippen LogP contribution < -0.4 is 15.2 Å². The van der Waals surface area contributed by atoms with Crippen LogP contribution in [0.5, 0.6) is 5.75 Å². The molecule has 0 radical (unpaired) electrons. The Morgan fingerprint density at radius 2 is 1.87 bits per heavy atom. The van der Waals surface area contributed by atoms with E-state index in [1.54, 1.807) is 18.2 Å². The van der Waals surface area contributed by atoms with Crippen molar-refractivity contribution in [2.75, 3.05) is 6.61 Å². The summed E-state index contributed by atoms with van der Waals surface area (Å²) in [5, 5.41) is 0. The molecule has 0 aliphatic carbocycles. The number of hydrogen-bond acceptors (Lipinski definition) is 4. The van der Waals surface area contributed by atoms with E-state index in [4.69, 9.17) is 10.5 Å². The molecule has 0 heterocycles. The van der Waals surface area contributed by atoms with Gasteiger partial charge in [-0.2, -0.15) is 0 Å². The summed E-state index contributed by atoms with van der Waals surface area (Å²) in [5.41, 5.74) is 7.69. The van der Waals surface area contributed by atoms with Gasteiger partial charge in [-0.3, -0.25) is 0 Å². The quantitative estimate of drug-likeness (QED) is 0.815. The van der Waals surface area contributed by atoms with E-state index in [0.717, 1.165) is 11.1 Å². The molecule has 1 atom stereocenters. The van der Waals surface area contributed by atoms with Crippen molar-refractivity contribution in [2.45, 2.75) is 31.3 Å². The number of ether oxygens (including phenoxy) is 1. The van der Waals surface area contributed by atoms with Crippen LogP contribution in [0.1, 0.15) is 31.0 Å². The van der Waals surface area contributed by atoms with Crippen LogP contribution in [0, 0.1) is 0 Å². The molecule has 0 saturated heterocycles. The smallest absolute Gasteiger partial charge is 0.241 e. The summed E-state index contributed by atoms with van der Waals surface area (Å²) in [6.07, 6.45) is 0. The van der Waals surface area contributed by atoms with E-state index in [9.17, 15) is 8.42 Å². The highest BCUT2D eigenvalue weighted by molar-refractivity contribution is 7.89. The zero-order valence-corrected chi connectivity index (χ0v) is 14.1. The first kappa shape index (κ1) is 17.5. The van der Waals surface area contributed by atoms with Gasteiger partial charge in [0.2, 0.25) is 10.0 Å². The molecule has 0 aliphatic heterocycles. The summed E-state index contributed by atoms with van der Waals surface area (Å²) in [6, 6.07) is 14.0. The van der Waals surface area contributed by atoms with Crippen molar-refractivity contribution < 1.29 is 13.2 Å². The van der Waals surface area contributed by atoms with Crippen LogP contribution in [0.15, 0.2) is 53.4 Å². The molecule has 1 unspecified atom stereocenters. The first-order chi connectivity index (χ1) is 10.9. The molecule has 23 heavy (non-hydrogen) atoms. The molecule has 2 rings (SSSR count). The average Bonchev–Trinajstić information content (AvgIpc) is 2.54. The molecule has 0 saturated carbocycles. The van der Waals surface area contributed by atoms with Crippen LogP contribution in [0.3, 0.4) is 0 Å². The van der Waals surface area contributed by atoms with E-state index < -0.39 is 10.0 Å². The third-order valence-corrected chi connectivity index (χ3v) is 4.80. The Kier molecular flexibility index (Phi) is 5.76. The summed E-state index contributed by atoms with van der Waals surface area (Å²) >= 11 is 0. The molecule has 5 nitrogen and oxygen atoms in total. The van der Waals surface area contributed by atoms with Gasteiger partial charge in [-0.15, -0.1) is 0 Å². The number of sulfonamides is 1. The third-order valence-electron chi connectivity index (χ3n) is 3.40. The largest absolute Gasteiger partial charge is 0.494 e. The van der Waals surface area contributed by atoms with Crippen LogP contribution in [0.2, 0.25) is 0 Å². The Bertz CT molecular complexity index is 741. The molecule has 0 bridgehead atoms. The maximum atomic E-state index is 12.4. The predicted molar refractivity (Wildman–Crippen MR) is 90.7 cm³/mol. The normalized spacial score (nSPS) is 12.8. The second-order valence-electron chi connectivity index (χ2n) is 5.26. The first-order valence-electron chi connectivity index (χ1n) is 7.49. The molecule has 0 amide bonds. The van der Waals surface area contributed by atoms with Gasteiger partial charge in [-0.1, -0.05) is 30.3 Å². The molecule has 124 valence electrons. The lowest BCUT2D eigenvalue weighted by molar-refractivity contribution is 0.339. The summed E-state index contributed by atoms with van der Waals surface area (Å²) in [5.74, 6) is 0.539. The van der Waals surface area contributed by atoms with E-state index in [-0.39, 0.29) is 17.5 Å². The SMILES string of the molecule is CCOc1cccc(S(=O)(=O)NCc2ccc(C(C)N)cc2)c1. The zero-order chi connectivity index (χ0) is 16.9. The molecule has 0 spiro atoms. The molecular formula is C17H22N2O3S. The molecule has 2 aromatic rings. The van der Waals surface area contributed by atoms with Crippen molar-refractivity contribution in [3.05, 3.63) is 59.7 Å². The van der Waals surface area contributed by atoms with Crippen molar-refractivity contribution >= 4 is 10.0 Å². The van der Waals surface area contributed by atoms with Crippen molar-refractivity contribution in [1.29, 1.82) is 0 Å². The van der Waals surface area contributed by atoms with E-state index in [2.05, 4.69) is 4.72 Å². The maximum Gasteiger partial charge on any atom is 0.241 e. The van der Waals surface area contributed by atoms with Crippen LogP contribution >= 0.6 is 0 Å². The van der Waals surface area contributed by atoms with Gasteiger partial charge in [0, 0.05) is 18.7 Å². The van der Waals surface area contributed by atoms with E-state index in [1.807, 2.05) is 38.1 Å². The standard InChI is InChI=1S/C17H22N2O3S/c1-3-22-16-5-4-6-17(11-16)23(20,21)19-12-14-7-9-15(10-8-14)13(2)18/h4-11,13,19H,3,12,18H2,1-2H3. The molecule has 2 aromatic carbocycles. The molecule has 3 N–H and O–H groups in total. The summed E-state index contributed by atoms with van der Waals surface area (Å²) in [4.78, 5) is 0.190. The number of hydrogen-bond donors (Lipinski definition) is 2. The monoisotopic (exact) mass is 334 g/mol. The van der Waals surface area contributed by atoms with Gasteiger partial charge >= 0.3 is 0 Å². The number of nitrogens with one attached hydrogen (secondary N) is 1. The lowest BCUT2D eigenvalue weighted by atomic mass is 10.1. The maximum absolute atomic E-state index is 12.4. The van der Waals surface area contributed by atoms with Gasteiger partial charge in [0.25, 0.3) is 0 Å². The molecule has 0 aromatic heterocycles. The molecular weight excluding hydrogens is 312 g/mol. The fourth-order valence-corrected chi connectivity index (χ4v) is 3.15. The van der Waals surface area contributed by atoms with Gasteiger partial charge in [-0.05, 0) is 37.1 Å². The molecule has 0 fully saturated rings. The highest BCUT2D eigenvalue weighted by Gasteiger charge is 2.14. The lowest BCUT2D eigenvalue weighted by Crippen LogP contribution is -2.23. The Hall–Kier alpha value is -1.89. The van der Waals surface area contributed by atoms with Crippen LogP contribution in [-0.4, -0.2) is 15.0 Å². The highest BCUT2D eigenvalue weighted by atomic mass is 32.2. The second-order valence-corrected chi connectivity index (χ2v) is 7.03. The second kappa shape index (κ2) is 7.59. The Morgan fingerprint density at radius 3 is 2.48 bits per heavy atom. The van der Waals surface area contributed by atoms with Gasteiger partial charge < -0.3 is 10.5 Å². The Morgan fingerprint density at radius 1 is 1.17 bits per heavy atom. The minimum absolute atomic E-state index is 0.0398. The average molecular weight is 334 g/mol.